The topological polar surface area (TPSA) is 49.5 Å². The monoisotopic (exact) mass is 242 g/mol. The van der Waals surface area contributed by atoms with Gasteiger partial charge in [0, 0.05) is 11.6 Å². The fraction of sp³-hybridized carbons (Fsp3) is 1.00. The maximum atomic E-state index is 9.14. The summed E-state index contributed by atoms with van der Waals surface area (Å²) in [6.45, 7) is 7.71. The minimum absolute atomic E-state index is 0.0680. The van der Waals surface area contributed by atoms with Crippen molar-refractivity contribution in [2.45, 2.75) is 64.5 Å². The predicted octanol–water partition coefficient (Wildman–Crippen LogP) is 1.99. The van der Waals surface area contributed by atoms with Crippen LogP contribution in [-0.2, 0) is 0 Å². The Morgan fingerprint density at radius 3 is 2.35 bits per heavy atom. The second-order valence-corrected chi connectivity index (χ2v) is 6.94. The molecule has 1 rings (SSSR count). The molecule has 0 saturated heterocycles. The summed E-state index contributed by atoms with van der Waals surface area (Å²) < 4.78 is 0. The smallest absolute Gasteiger partial charge is 0.0608 e. The van der Waals surface area contributed by atoms with Gasteiger partial charge >= 0.3 is 0 Å². The van der Waals surface area contributed by atoms with Gasteiger partial charge in [-0.15, -0.1) is 0 Å². The van der Waals surface area contributed by atoms with Crippen LogP contribution in [-0.4, -0.2) is 41.8 Å². The molecule has 3 N–H and O–H groups in total. The lowest BCUT2D eigenvalue weighted by Crippen LogP contribution is -2.45. The molecule has 1 aliphatic carbocycles. The maximum Gasteiger partial charge on any atom is 0.0608 e. The molecule has 0 amide bonds. The first kappa shape index (κ1) is 14.9. The Morgan fingerprint density at radius 2 is 1.88 bits per heavy atom. The van der Waals surface area contributed by atoms with E-state index >= 15 is 0 Å². The van der Waals surface area contributed by atoms with E-state index in [1.54, 1.807) is 0 Å². The zero-order valence-corrected chi connectivity index (χ0v) is 12.0. The van der Waals surface area contributed by atoms with Crippen molar-refractivity contribution in [1.29, 1.82) is 0 Å². The zero-order valence-electron chi connectivity index (χ0n) is 12.0. The van der Waals surface area contributed by atoms with E-state index in [0.29, 0.717) is 11.5 Å². The normalized spacial score (nSPS) is 24.9. The second kappa shape index (κ2) is 5.68. The summed E-state index contributed by atoms with van der Waals surface area (Å²) >= 11 is 0. The number of nitrogens with two attached hydrogens (primary N) is 1. The van der Waals surface area contributed by atoms with Crippen molar-refractivity contribution in [2.75, 3.05) is 20.2 Å². The molecule has 1 aliphatic rings. The minimum atomic E-state index is -0.428. The summed E-state index contributed by atoms with van der Waals surface area (Å²) in [5, 5.41) is 9.14. The van der Waals surface area contributed by atoms with Crippen LogP contribution in [0.3, 0.4) is 0 Å². The average molecular weight is 242 g/mol. The fourth-order valence-electron chi connectivity index (χ4n) is 2.52. The Hall–Kier alpha value is -0.120. The molecule has 1 atom stereocenters. The molecule has 0 aliphatic heterocycles. The van der Waals surface area contributed by atoms with Crippen molar-refractivity contribution in [3.8, 4) is 0 Å². The quantitative estimate of drug-likeness (QED) is 0.775. The number of hydrogen-bond donors (Lipinski definition) is 2. The van der Waals surface area contributed by atoms with Crippen molar-refractivity contribution < 1.29 is 5.11 Å². The van der Waals surface area contributed by atoms with E-state index in [1.807, 2.05) is 6.92 Å². The van der Waals surface area contributed by atoms with E-state index in [0.717, 1.165) is 13.0 Å². The van der Waals surface area contributed by atoms with Gasteiger partial charge in [-0.2, -0.15) is 0 Å². The van der Waals surface area contributed by atoms with Crippen molar-refractivity contribution in [3.63, 3.8) is 0 Å². The van der Waals surface area contributed by atoms with Crippen LogP contribution < -0.4 is 5.73 Å². The maximum absolute atomic E-state index is 9.14. The van der Waals surface area contributed by atoms with Gasteiger partial charge in [0.05, 0.1) is 6.61 Å². The third kappa shape index (κ3) is 4.94. The fourth-order valence-corrected chi connectivity index (χ4v) is 2.52. The highest BCUT2D eigenvalue weighted by Gasteiger charge is 2.29. The highest BCUT2D eigenvalue weighted by atomic mass is 16.3. The van der Waals surface area contributed by atoms with E-state index in [1.165, 1.54) is 25.7 Å². The minimum Gasteiger partial charge on any atom is -0.394 e. The van der Waals surface area contributed by atoms with E-state index in [9.17, 15) is 0 Å². The Labute approximate surface area is 106 Å². The molecule has 0 spiro atoms. The highest BCUT2D eigenvalue weighted by molar-refractivity contribution is 4.85. The lowest BCUT2D eigenvalue weighted by atomic mass is 9.75. The largest absolute Gasteiger partial charge is 0.394 e. The number of aliphatic hydroxyl groups is 1. The summed E-state index contributed by atoms with van der Waals surface area (Å²) in [4.78, 5) is 2.43. The standard InChI is InChI=1S/C14H30N2O/c1-13(2)7-5-12(6-8-13)16(4)10-9-14(3,15)11-17/h12,17H,5-11,15H2,1-4H3. The van der Waals surface area contributed by atoms with Gasteiger partial charge in [0.1, 0.15) is 0 Å². The number of nitrogens with zero attached hydrogens (tertiary/aromatic N) is 1. The Kier molecular flexibility index (Phi) is 4.99. The Bertz CT molecular complexity index is 228. The SMILES string of the molecule is CN(CCC(C)(N)CO)C1CCC(C)(C)CC1. The summed E-state index contributed by atoms with van der Waals surface area (Å²) in [7, 11) is 2.19. The molecule has 3 nitrogen and oxygen atoms in total. The number of rotatable bonds is 5. The molecular weight excluding hydrogens is 212 g/mol. The van der Waals surface area contributed by atoms with Gasteiger partial charge in [-0.1, -0.05) is 13.8 Å². The summed E-state index contributed by atoms with van der Waals surface area (Å²) in [5.41, 5.74) is 6.06. The van der Waals surface area contributed by atoms with E-state index in [2.05, 4.69) is 25.8 Å². The van der Waals surface area contributed by atoms with Crippen LogP contribution in [0.5, 0.6) is 0 Å². The van der Waals surface area contributed by atoms with Crippen LogP contribution in [0.25, 0.3) is 0 Å². The molecular formula is C14H30N2O. The van der Waals surface area contributed by atoms with Crippen LogP contribution >= 0.6 is 0 Å². The van der Waals surface area contributed by atoms with Crippen LogP contribution in [0.1, 0.15) is 52.9 Å². The van der Waals surface area contributed by atoms with Gasteiger partial charge in [0.15, 0.2) is 0 Å². The van der Waals surface area contributed by atoms with Gasteiger partial charge in [0.25, 0.3) is 0 Å². The first-order valence-corrected chi connectivity index (χ1v) is 6.86. The summed E-state index contributed by atoms with van der Waals surface area (Å²) in [6, 6.07) is 0.706. The predicted molar refractivity (Wildman–Crippen MR) is 73.0 cm³/mol. The molecule has 1 fully saturated rings. The Balaban J connectivity index is 2.32. The van der Waals surface area contributed by atoms with E-state index in [-0.39, 0.29) is 6.61 Å². The van der Waals surface area contributed by atoms with E-state index in [4.69, 9.17) is 10.8 Å². The highest BCUT2D eigenvalue weighted by Crippen LogP contribution is 2.36. The molecule has 1 unspecified atom stereocenters. The van der Waals surface area contributed by atoms with Crippen molar-refractivity contribution in [1.82, 2.24) is 4.90 Å². The van der Waals surface area contributed by atoms with Gasteiger partial charge < -0.3 is 15.7 Å². The van der Waals surface area contributed by atoms with E-state index < -0.39 is 5.54 Å². The van der Waals surface area contributed by atoms with Crippen molar-refractivity contribution in [3.05, 3.63) is 0 Å². The number of aliphatic hydroxyl groups excluding tert-OH is 1. The number of hydrogen-bond acceptors (Lipinski definition) is 3. The third-order valence-corrected chi connectivity index (χ3v) is 4.33. The lowest BCUT2D eigenvalue weighted by molar-refractivity contribution is 0.113. The average Bonchev–Trinajstić information content (AvgIpc) is 2.26. The summed E-state index contributed by atoms with van der Waals surface area (Å²) in [5.74, 6) is 0. The van der Waals surface area contributed by atoms with Gasteiger partial charge in [-0.25, -0.2) is 0 Å². The van der Waals surface area contributed by atoms with Crippen molar-refractivity contribution in [2.24, 2.45) is 11.1 Å². The van der Waals surface area contributed by atoms with Crippen LogP contribution in [0.15, 0.2) is 0 Å². The summed E-state index contributed by atoms with van der Waals surface area (Å²) in [6.07, 6.45) is 6.09. The van der Waals surface area contributed by atoms with Gasteiger partial charge in [-0.05, 0) is 58.0 Å². The first-order valence-electron chi connectivity index (χ1n) is 6.86. The molecule has 0 aromatic rings. The second-order valence-electron chi connectivity index (χ2n) is 6.94. The lowest BCUT2D eigenvalue weighted by Gasteiger charge is -2.39. The molecule has 0 aromatic carbocycles. The zero-order chi connectivity index (χ0) is 13.1. The van der Waals surface area contributed by atoms with Crippen LogP contribution in [0.4, 0.5) is 0 Å². The molecule has 17 heavy (non-hydrogen) atoms. The van der Waals surface area contributed by atoms with Crippen molar-refractivity contribution >= 4 is 0 Å². The molecule has 0 bridgehead atoms. The van der Waals surface area contributed by atoms with Crippen LogP contribution in [0.2, 0.25) is 0 Å². The molecule has 0 aromatic heterocycles. The van der Waals surface area contributed by atoms with Crippen LogP contribution in [0, 0.1) is 5.41 Å². The molecule has 102 valence electrons. The first-order chi connectivity index (χ1) is 7.76. The molecule has 3 heteroatoms. The molecule has 0 heterocycles. The van der Waals surface area contributed by atoms with Gasteiger partial charge in [-0.3, -0.25) is 0 Å². The molecule has 0 radical (unpaired) electrons. The third-order valence-electron chi connectivity index (χ3n) is 4.33. The Morgan fingerprint density at radius 1 is 1.35 bits per heavy atom. The van der Waals surface area contributed by atoms with Gasteiger partial charge in [0.2, 0.25) is 0 Å². The molecule has 1 saturated carbocycles.